The number of nitro benzene ring substituents is 2. The lowest BCUT2D eigenvalue weighted by Gasteiger charge is -2.09. The van der Waals surface area contributed by atoms with Crippen LogP contribution < -0.4 is 5.43 Å². The fraction of sp³-hybridized carbons (Fsp3) is 0. The molecule has 0 aliphatic rings. The molecule has 0 bridgehead atoms. The van der Waals surface area contributed by atoms with Gasteiger partial charge in [-0.2, -0.15) is 5.10 Å². The summed E-state index contributed by atoms with van der Waals surface area (Å²) in [6, 6.07) is 20.1. The van der Waals surface area contributed by atoms with E-state index in [4.69, 9.17) is 0 Å². The number of halogens is 1. The van der Waals surface area contributed by atoms with E-state index in [0.29, 0.717) is 5.71 Å². The Labute approximate surface area is 167 Å². The number of benzene rings is 3. The number of nitrogens with one attached hydrogen (secondary N) is 1. The molecular weight excluding hydrogens is 428 g/mol. The summed E-state index contributed by atoms with van der Waals surface area (Å²) in [5.74, 6) is 0. The van der Waals surface area contributed by atoms with Gasteiger partial charge in [-0.25, -0.2) is 0 Å². The number of hydrazone groups is 1. The number of hydrogen-bond acceptors (Lipinski definition) is 6. The van der Waals surface area contributed by atoms with E-state index in [1.54, 1.807) is 0 Å². The molecule has 0 saturated carbocycles. The number of nitrogens with zero attached hydrogens (tertiary/aromatic N) is 3. The van der Waals surface area contributed by atoms with Crippen LogP contribution in [-0.2, 0) is 0 Å². The van der Waals surface area contributed by atoms with Crippen molar-refractivity contribution in [2.75, 3.05) is 5.43 Å². The van der Waals surface area contributed by atoms with Gasteiger partial charge < -0.3 is 0 Å². The molecule has 0 aliphatic heterocycles. The second-order valence-corrected chi connectivity index (χ2v) is 6.58. The molecule has 0 radical (unpaired) electrons. The molecular formula is C19H13BrN4O4. The van der Waals surface area contributed by atoms with Crippen molar-refractivity contribution >= 4 is 38.7 Å². The molecule has 0 aromatic heterocycles. The van der Waals surface area contributed by atoms with E-state index in [2.05, 4.69) is 26.5 Å². The van der Waals surface area contributed by atoms with E-state index in [1.807, 2.05) is 54.6 Å². The van der Waals surface area contributed by atoms with Crippen LogP contribution in [0.1, 0.15) is 11.1 Å². The van der Waals surface area contributed by atoms with Gasteiger partial charge >= 0.3 is 5.69 Å². The second kappa shape index (κ2) is 8.40. The molecule has 0 unspecified atom stereocenters. The van der Waals surface area contributed by atoms with Gasteiger partial charge in [0.1, 0.15) is 5.69 Å². The van der Waals surface area contributed by atoms with Crippen molar-refractivity contribution in [1.82, 2.24) is 0 Å². The van der Waals surface area contributed by atoms with Crippen LogP contribution in [0.2, 0.25) is 0 Å². The van der Waals surface area contributed by atoms with Gasteiger partial charge in [-0.1, -0.05) is 58.4 Å². The van der Waals surface area contributed by atoms with Gasteiger partial charge in [0, 0.05) is 21.7 Å². The van der Waals surface area contributed by atoms with E-state index >= 15 is 0 Å². The highest BCUT2D eigenvalue weighted by atomic mass is 79.9. The topological polar surface area (TPSA) is 111 Å². The Hall–Kier alpha value is -3.59. The summed E-state index contributed by atoms with van der Waals surface area (Å²) in [5.41, 5.74) is 4.12. The van der Waals surface area contributed by atoms with E-state index in [0.717, 1.165) is 21.7 Å². The summed E-state index contributed by atoms with van der Waals surface area (Å²) in [4.78, 5) is 20.8. The molecule has 0 amide bonds. The summed E-state index contributed by atoms with van der Waals surface area (Å²) in [6.07, 6.45) is 0. The smallest absolute Gasteiger partial charge is 0.271 e. The fourth-order valence-electron chi connectivity index (χ4n) is 2.49. The first-order chi connectivity index (χ1) is 13.5. The third kappa shape index (κ3) is 4.38. The first kappa shape index (κ1) is 19.2. The summed E-state index contributed by atoms with van der Waals surface area (Å²) in [6.45, 7) is 0. The van der Waals surface area contributed by atoms with Gasteiger partial charge in [0.25, 0.3) is 5.69 Å². The van der Waals surface area contributed by atoms with Gasteiger partial charge in [-0.05, 0) is 18.2 Å². The van der Waals surface area contributed by atoms with Crippen LogP contribution in [0.25, 0.3) is 0 Å². The van der Waals surface area contributed by atoms with Crippen LogP contribution >= 0.6 is 15.9 Å². The predicted molar refractivity (Wildman–Crippen MR) is 110 cm³/mol. The molecule has 0 fully saturated rings. The van der Waals surface area contributed by atoms with Crippen LogP contribution in [0, 0.1) is 20.2 Å². The average Bonchev–Trinajstić information content (AvgIpc) is 2.70. The molecule has 28 heavy (non-hydrogen) atoms. The van der Waals surface area contributed by atoms with Gasteiger partial charge in [0.05, 0.1) is 21.6 Å². The van der Waals surface area contributed by atoms with E-state index < -0.39 is 15.5 Å². The molecule has 0 aliphatic carbocycles. The first-order valence-corrected chi connectivity index (χ1v) is 8.83. The van der Waals surface area contributed by atoms with Crippen LogP contribution in [0.15, 0.2) is 82.4 Å². The van der Waals surface area contributed by atoms with Crippen LogP contribution in [-0.4, -0.2) is 15.6 Å². The molecule has 0 atom stereocenters. The van der Waals surface area contributed by atoms with Gasteiger partial charge in [-0.3, -0.25) is 25.7 Å². The van der Waals surface area contributed by atoms with Crippen LogP contribution in [0.5, 0.6) is 0 Å². The number of nitro groups is 2. The molecule has 0 spiro atoms. The normalized spacial score (nSPS) is 11.1. The molecule has 3 aromatic carbocycles. The largest absolute Gasteiger partial charge is 0.301 e. The van der Waals surface area contributed by atoms with Crippen molar-refractivity contribution in [2.45, 2.75) is 0 Å². The summed E-state index contributed by atoms with van der Waals surface area (Å²) >= 11 is 3.38. The molecule has 3 aromatic rings. The molecule has 8 nitrogen and oxygen atoms in total. The monoisotopic (exact) mass is 440 g/mol. The Morgan fingerprint density at radius 2 is 1.50 bits per heavy atom. The quantitative estimate of drug-likeness (QED) is 0.324. The number of anilines is 1. The maximum atomic E-state index is 11.3. The number of non-ortho nitro benzene ring substituents is 1. The Morgan fingerprint density at radius 1 is 0.857 bits per heavy atom. The zero-order valence-electron chi connectivity index (χ0n) is 14.3. The fourth-order valence-corrected chi connectivity index (χ4v) is 2.76. The zero-order valence-corrected chi connectivity index (χ0v) is 15.9. The number of rotatable bonds is 6. The summed E-state index contributed by atoms with van der Waals surface area (Å²) < 4.78 is 0.905. The highest BCUT2D eigenvalue weighted by Gasteiger charge is 2.19. The maximum Gasteiger partial charge on any atom is 0.301 e. The van der Waals surface area contributed by atoms with Gasteiger partial charge in [-0.15, -0.1) is 0 Å². The number of hydrogen-bond donors (Lipinski definition) is 1. The molecule has 1 N–H and O–H groups in total. The predicted octanol–water partition coefficient (Wildman–Crippen LogP) is 5.13. The zero-order chi connectivity index (χ0) is 20.1. The molecule has 140 valence electrons. The highest BCUT2D eigenvalue weighted by molar-refractivity contribution is 9.10. The highest BCUT2D eigenvalue weighted by Crippen LogP contribution is 2.29. The summed E-state index contributed by atoms with van der Waals surface area (Å²) in [7, 11) is 0. The van der Waals surface area contributed by atoms with E-state index in [-0.39, 0.29) is 11.4 Å². The van der Waals surface area contributed by atoms with Crippen molar-refractivity contribution in [2.24, 2.45) is 5.10 Å². The van der Waals surface area contributed by atoms with E-state index in [1.165, 1.54) is 12.1 Å². The molecule has 3 rings (SSSR count). The Balaban J connectivity index is 2.04. The first-order valence-electron chi connectivity index (χ1n) is 8.03. The third-order valence-corrected chi connectivity index (χ3v) is 4.37. The SMILES string of the molecule is O=[N+]([O-])c1ccc(NN=C(c2ccccc2)c2ccc(Br)cc2)c([N+](=O)[O-])c1. The average molecular weight is 441 g/mol. The standard InChI is InChI=1S/C19H13BrN4O4/c20-15-8-6-14(7-9-15)19(13-4-2-1-3-5-13)22-21-17-11-10-16(23(25)26)12-18(17)24(27)28/h1-12,21H. The van der Waals surface area contributed by atoms with Crippen LogP contribution in [0.4, 0.5) is 17.1 Å². The lowest BCUT2D eigenvalue weighted by molar-refractivity contribution is -0.393. The Bertz CT molecular complexity index is 1050. The van der Waals surface area contributed by atoms with Crippen LogP contribution in [0.3, 0.4) is 0 Å². The summed E-state index contributed by atoms with van der Waals surface area (Å²) in [5, 5.41) is 26.5. The van der Waals surface area contributed by atoms with Gasteiger partial charge in [0.15, 0.2) is 0 Å². The third-order valence-electron chi connectivity index (χ3n) is 3.84. The van der Waals surface area contributed by atoms with Crippen molar-refractivity contribution < 1.29 is 9.85 Å². The van der Waals surface area contributed by atoms with Crippen molar-refractivity contribution in [1.29, 1.82) is 0 Å². The second-order valence-electron chi connectivity index (χ2n) is 5.66. The minimum Gasteiger partial charge on any atom is -0.271 e. The lowest BCUT2D eigenvalue weighted by Crippen LogP contribution is -2.07. The minimum absolute atomic E-state index is 0.0566. The Morgan fingerprint density at radius 3 is 2.11 bits per heavy atom. The molecule has 9 heteroatoms. The van der Waals surface area contributed by atoms with Crippen molar-refractivity contribution in [3.8, 4) is 0 Å². The van der Waals surface area contributed by atoms with Gasteiger partial charge in [0.2, 0.25) is 0 Å². The molecule has 0 heterocycles. The van der Waals surface area contributed by atoms with Crippen molar-refractivity contribution in [3.05, 3.63) is 109 Å². The maximum absolute atomic E-state index is 11.3. The van der Waals surface area contributed by atoms with Crippen molar-refractivity contribution in [3.63, 3.8) is 0 Å². The van der Waals surface area contributed by atoms with E-state index in [9.17, 15) is 20.2 Å². The lowest BCUT2D eigenvalue weighted by atomic mass is 10.0. The Kier molecular flexibility index (Phi) is 5.75. The minimum atomic E-state index is -0.688. The molecule has 0 saturated heterocycles.